The van der Waals surface area contributed by atoms with E-state index < -0.39 is 5.41 Å². The van der Waals surface area contributed by atoms with Crippen molar-refractivity contribution < 1.29 is 9.59 Å². The van der Waals surface area contributed by atoms with E-state index in [1.165, 1.54) is 10.5 Å². The molecule has 2 unspecified atom stereocenters. The number of fused-ring (bicyclic) bond motifs is 2. The fraction of sp³-hybridized carbons (Fsp3) is 0.556. The van der Waals surface area contributed by atoms with Gasteiger partial charge in [0.2, 0.25) is 11.8 Å². The zero-order chi connectivity index (χ0) is 15.9. The van der Waals surface area contributed by atoms with Gasteiger partial charge < -0.3 is 4.90 Å². The van der Waals surface area contributed by atoms with Crippen molar-refractivity contribution >= 4 is 24.2 Å². The molecule has 3 rings (SSSR count). The van der Waals surface area contributed by atoms with Crippen LogP contribution in [0.15, 0.2) is 24.3 Å². The number of halogens is 1. The quantitative estimate of drug-likeness (QED) is 0.796. The van der Waals surface area contributed by atoms with Gasteiger partial charge >= 0.3 is 0 Å². The zero-order valence-corrected chi connectivity index (χ0v) is 14.9. The van der Waals surface area contributed by atoms with E-state index in [-0.39, 0.29) is 30.3 Å². The molecule has 2 amide bonds. The van der Waals surface area contributed by atoms with Crippen molar-refractivity contribution in [2.24, 2.45) is 0 Å². The standard InChI is InChI=1S/C18H24N2O2.ClH/c1-13(12-19(2)3)20-16(21)11-18(17(20)22)10-6-8-14-7-4-5-9-15(14)18;/h4-5,7,9,13H,6,8,10-12H2,1-3H3;1H. The molecule has 1 aromatic carbocycles. The smallest absolute Gasteiger partial charge is 0.240 e. The number of amides is 2. The topological polar surface area (TPSA) is 40.6 Å². The van der Waals surface area contributed by atoms with Crippen LogP contribution in [0, 0.1) is 0 Å². The minimum atomic E-state index is -0.605. The van der Waals surface area contributed by atoms with Gasteiger partial charge in [0.1, 0.15) is 0 Å². The Morgan fingerprint density at radius 1 is 1.26 bits per heavy atom. The summed E-state index contributed by atoms with van der Waals surface area (Å²) in [7, 11) is 3.93. The first-order chi connectivity index (χ1) is 10.5. The molecule has 1 aliphatic carbocycles. The molecule has 1 spiro atoms. The molecule has 2 aliphatic rings. The minimum absolute atomic E-state index is 0. The highest BCUT2D eigenvalue weighted by molar-refractivity contribution is 6.09. The molecule has 1 fully saturated rings. The number of hydrogen-bond acceptors (Lipinski definition) is 3. The second-order valence-corrected chi connectivity index (χ2v) is 6.95. The Bertz CT molecular complexity index is 617. The summed E-state index contributed by atoms with van der Waals surface area (Å²) in [4.78, 5) is 29.3. The third kappa shape index (κ3) is 2.90. The Hall–Kier alpha value is -1.39. The zero-order valence-electron chi connectivity index (χ0n) is 14.0. The van der Waals surface area contributed by atoms with Gasteiger partial charge in [-0.25, -0.2) is 0 Å². The molecule has 1 aromatic rings. The number of imide groups is 1. The van der Waals surface area contributed by atoms with Crippen LogP contribution < -0.4 is 0 Å². The maximum Gasteiger partial charge on any atom is 0.240 e. The van der Waals surface area contributed by atoms with Crippen molar-refractivity contribution in [1.29, 1.82) is 0 Å². The molecule has 4 nitrogen and oxygen atoms in total. The molecule has 1 saturated heterocycles. The number of likely N-dealkylation sites (tertiary alicyclic amines) is 1. The van der Waals surface area contributed by atoms with E-state index in [9.17, 15) is 9.59 Å². The number of likely N-dealkylation sites (N-methyl/N-ethyl adjacent to an activating group) is 1. The average Bonchev–Trinajstić information content (AvgIpc) is 2.70. The van der Waals surface area contributed by atoms with Gasteiger partial charge in [-0.2, -0.15) is 0 Å². The maximum absolute atomic E-state index is 13.2. The molecule has 0 N–H and O–H groups in total. The fourth-order valence-corrected chi connectivity index (χ4v) is 4.15. The van der Waals surface area contributed by atoms with Gasteiger partial charge in [0.15, 0.2) is 0 Å². The lowest BCUT2D eigenvalue weighted by atomic mass is 9.69. The van der Waals surface area contributed by atoms with Crippen LogP contribution in [0.25, 0.3) is 0 Å². The van der Waals surface area contributed by atoms with E-state index in [0.717, 1.165) is 24.8 Å². The molecule has 5 heteroatoms. The summed E-state index contributed by atoms with van der Waals surface area (Å²) in [6.45, 7) is 2.67. The van der Waals surface area contributed by atoms with Crippen LogP contribution in [0.3, 0.4) is 0 Å². The van der Waals surface area contributed by atoms with Crippen LogP contribution in [-0.2, 0) is 21.4 Å². The molecule has 0 saturated carbocycles. The lowest BCUT2D eigenvalue weighted by molar-refractivity contribution is -0.142. The number of benzene rings is 1. The molecule has 126 valence electrons. The summed E-state index contributed by atoms with van der Waals surface area (Å²) in [5, 5.41) is 0. The SMILES string of the molecule is CC(CN(C)C)N1C(=O)CC2(CCCc3ccccc32)C1=O.Cl. The van der Waals surface area contributed by atoms with Crippen LogP contribution in [0.2, 0.25) is 0 Å². The first kappa shape index (κ1) is 18.0. The van der Waals surface area contributed by atoms with E-state index in [0.29, 0.717) is 13.0 Å². The molecule has 1 heterocycles. The third-order valence-corrected chi connectivity index (χ3v) is 5.00. The van der Waals surface area contributed by atoms with E-state index in [4.69, 9.17) is 0 Å². The van der Waals surface area contributed by atoms with Crippen LogP contribution in [-0.4, -0.2) is 48.3 Å². The van der Waals surface area contributed by atoms with Gasteiger partial charge in [-0.3, -0.25) is 14.5 Å². The summed E-state index contributed by atoms with van der Waals surface area (Å²) in [5.41, 5.74) is 1.71. The molecule has 0 radical (unpaired) electrons. The van der Waals surface area contributed by atoms with Crippen LogP contribution >= 0.6 is 12.4 Å². The number of hydrogen-bond donors (Lipinski definition) is 0. The highest BCUT2D eigenvalue weighted by Crippen LogP contribution is 2.45. The molecule has 2 atom stereocenters. The normalized spacial score (nSPS) is 24.8. The Balaban J connectivity index is 0.00000192. The molecule has 0 bridgehead atoms. The minimum Gasteiger partial charge on any atom is -0.307 e. The Kier molecular flexibility index (Phi) is 5.17. The van der Waals surface area contributed by atoms with E-state index in [1.807, 2.05) is 44.1 Å². The van der Waals surface area contributed by atoms with Gasteiger partial charge in [0.25, 0.3) is 0 Å². The molecular formula is C18H25ClN2O2. The molecule has 23 heavy (non-hydrogen) atoms. The number of rotatable bonds is 3. The van der Waals surface area contributed by atoms with Gasteiger partial charge in [-0.15, -0.1) is 12.4 Å². The Morgan fingerprint density at radius 3 is 2.65 bits per heavy atom. The lowest BCUT2D eigenvalue weighted by Gasteiger charge is -2.34. The number of aryl methyl sites for hydroxylation is 1. The summed E-state index contributed by atoms with van der Waals surface area (Å²) >= 11 is 0. The maximum atomic E-state index is 13.2. The number of carbonyl (C=O) groups is 2. The van der Waals surface area contributed by atoms with Crippen molar-refractivity contribution in [3.05, 3.63) is 35.4 Å². The van der Waals surface area contributed by atoms with Gasteiger partial charge in [-0.05, 0) is 51.4 Å². The Morgan fingerprint density at radius 2 is 1.96 bits per heavy atom. The van der Waals surface area contributed by atoms with Crippen LogP contribution in [0.1, 0.15) is 37.3 Å². The summed E-state index contributed by atoms with van der Waals surface area (Å²) in [5.74, 6) is -0.00458. The van der Waals surface area contributed by atoms with Crippen molar-refractivity contribution in [3.8, 4) is 0 Å². The number of nitrogens with zero attached hydrogens (tertiary/aromatic N) is 2. The van der Waals surface area contributed by atoms with Crippen molar-refractivity contribution in [2.75, 3.05) is 20.6 Å². The second-order valence-electron chi connectivity index (χ2n) is 6.95. The summed E-state index contributed by atoms with van der Waals surface area (Å²) < 4.78 is 0. The molecule has 0 aromatic heterocycles. The van der Waals surface area contributed by atoms with E-state index in [1.54, 1.807) is 0 Å². The van der Waals surface area contributed by atoms with E-state index >= 15 is 0 Å². The van der Waals surface area contributed by atoms with Crippen molar-refractivity contribution in [1.82, 2.24) is 9.80 Å². The molecular weight excluding hydrogens is 312 g/mol. The first-order valence-corrected chi connectivity index (χ1v) is 8.05. The third-order valence-electron chi connectivity index (χ3n) is 5.00. The van der Waals surface area contributed by atoms with Crippen LogP contribution in [0.5, 0.6) is 0 Å². The van der Waals surface area contributed by atoms with Gasteiger partial charge in [0, 0.05) is 19.0 Å². The van der Waals surface area contributed by atoms with Crippen molar-refractivity contribution in [3.63, 3.8) is 0 Å². The highest BCUT2D eigenvalue weighted by atomic mass is 35.5. The predicted octanol–water partition coefficient (Wildman–Crippen LogP) is 2.39. The predicted molar refractivity (Wildman–Crippen MR) is 92.8 cm³/mol. The number of carbonyl (C=O) groups excluding carboxylic acids is 2. The Labute approximate surface area is 144 Å². The average molecular weight is 337 g/mol. The van der Waals surface area contributed by atoms with Gasteiger partial charge in [0.05, 0.1) is 5.41 Å². The summed E-state index contributed by atoms with van der Waals surface area (Å²) in [6.07, 6.45) is 3.11. The lowest BCUT2D eigenvalue weighted by Crippen LogP contribution is -2.47. The second kappa shape index (κ2) is 6.62. The van der Waals surface area contributed by atoms with Crippen LogP contribution in [0.4, 0.5) is 0 Å². The molecule has 1 aliphatic heterocycles. The highest BCUT2D eigenvalue weighted by Gasteiger charge is 2.54. The van der Waals surface area contributed by atoms with Gasteiger partial charge in [-0.1, -0.05) is 24.3 Å². The summed E-state index contributed by atoms with van der Waals surface area (Å²) in [6, 6.07) is 8.06. The van der Waals surface area contributed by atoms with Crippen molar-refractivity contribution in [2.45, 2.75) is 44.1 Å². The largest absolute Gasteiger partial charge is 0.307 e. The fourth-order valence-electron chi connectivity index (χ4n) is 4.15. The first-order valence-electron chi connectivity index (χ1n) is 8.05. The van der Waals surface area contributed by atoms with E-state index in [2.05, 4.69) is 6.07 Å². The monoisotopic (exact) mass is 336 g/mol.